The lowest BCUT2D eigenvalue weighted by molar-refractivity contribution is -0.123. The molecule has 3 N–H and O–H groups in total. The Morgan fingerprint density at radius 1 is 1.67 bits per heavy atom. The second-order valence-corrected chi connectivity index (χ2v) is 3.30. The van der Waals surface area contributed by atoms with Crippen molar-refractivity contribution in [2.45, 2.75) is 19.4 Å². The summed E-state index contributed by atoms with van der Waals surface area (Å²) in [7, 11) is 0. The Hall–Kier alpha value is -0.610. The van der Waals surface area contributed by atoms with Crippen molar-refractivity contribution in [2.24, 2.45) is 5.73 Å². The summed E-state index contributed by atoms with van der Waals surface area (Å²) in [5.74, 6) is 0.115. The van der Waals surface area contributed by atoms with E-state index in [0.717, 1.165) is 26.1 Å². The van der Waals surface area contributed by atoms with Gasteiger partial charge < -0.3 is 11.1 Å². The lowest BCUT2D eigenvalue weighted by Crippen LogP contribution is -2.57. The minimum absolute atomic E-state index is 0.115. The van der Waals surface area contributed by atoms with Crippen molar-refractivity contribution < 1.29 is 4.79 Å². The molecule has 12 heavy (non-hydrogen) atoms. The van der Waals surface area contributed by atoms with Crippen molar-refractivity contribution >= 4 is 5.91 Å². The van der Waals surface area contributed by atoms with Crippen LogP contribution in [0.3, 0.4) is 0 Å². The monoisotopic (exact) mass is 171 g/mol. The summed E-state index contributed by atoms with van der Waals surface area (Å²) in [5.41, 5.74) is 5.57. The highest BCUT2D eigenvalue weighted by molar-refractivity contribution is 5.78. The van der Waals surface area contributed by atoms with Crippen LogP contribution in [0.4, 0.5) is 0 Å². The summed E-state index contributed by atoms with van der Waals surface area (Å²) >= 11 is 0. The fraction of sp³-hybridized carbons (Fsp3) is 0.875. The molecule has 0 spiro atoms. The SMILES string of the molecule is CCCNC(=O)CN1CC(N)C1. The van der Waals surface area contributed by atoms with Gasteiger partial charge in [-0.3, -0.25) is 9.69 Å². The molecule has 0 unspecified atom stereocenters. The number of carbonyl (C=O) groups excluding carboxylic acids is 1. The van der Waals surface area contributed by atoms with Crippen LogP contribution in [0.1, 0.15) is 13.3 Å². The highest BCUT2D eigenvalue weighted by Gasteiger charge is 2.24. The number of nitrogens with two attached hydrogens (primary N) is 1. The normalized spacial score (nSPS) is 18.8. The highest BCUT2D eigenvalue weighted by Crippen LogP contribution is 2.02. The van der Waals surface area contributed by atoms with Crippen LogP contribution in [0.2, 0.25) is 0 Å². The van der Waals surface area contributed by atoms with Crippen molar-refractivity contribution in [2.75, 3.05) is 26.2 Å². The maximum absolute atomic E-state index is 11.1. The van der Waals surface area contributed by atoms with Gasteiger partial charge in [-0.25, -0.2) is 0 Å². The number of hydrogen-bond acceptors (Lipinski definition) is 3. The van der Waals surface area contributed by atoms with Crippen LogP contribution in [-0.2, 0) is 4.79 Å². The maximum atomic E-state index is 11.1. The number of nitrogens with one attached hydrogen (secondary N) is 1. The zero-order valence-electron chi connectivity index (χ0n) is 7.55. The summed E-state index contributed by atoms with van der Waals surface area (Å²) in [5, 5.41) is 2.82. The number of amides is 1. The van der Waals surface area contributed by atoms with Crippen LogP contribution in [-0.4, -0.2) is 43.0 Å². The van der Waals surface area contributed by atoms with Gasteiger partial charge in [-0.15, -0.1) is 0 Å². The van der Waals surface area contributed by atoms with Crippen LogP contribution in [0.15, 0.2) is 0 Å². The van der Waals surface area contributed by atoms with Gasteiger partial charge in [0.05, 0.1) is 6.54 Å². The van der Waals surface area contributed by atoms with E-state index < -0.39 is 0 Å². The van der Waals surface area contributed by atoms with Crippen molar-refractivity contribution in [3.8, 4) is 0 Å². The second kappa shape index (κ2) is 4.42. The molecule has 1 aliphatic heterocycles. The summed E-state index contributed by atoms with van der Waals surface area (Å²) in [4.78, 5) is 13.2. The zero-order valence-corrected chi connectivity index (χ0v) is 7.55. The van der Waals surface area contributed by atoms with Crippen molar-refractivity contribution in [1.82, 2.24) is 10.2 Å². The van der Waals surface area contributed by atoms with E-state index in [1.807, 2.05) is 6.92 Å². The first-order valence-electron chi connectivity index (χ1n) is 4.47. The molecule has 4 nitrogen and oxygen atoms in total. The Balaban J connectivity index is 2.03. The first-order chi connectivity index (χ1) is 5.72. The fourth-order valence-electron chi connectivity index (χ4n) is 1.26. The third-order valence-electron chi connectivity index (χ3n) is 1.92. The molecule has 0 aliphatic carbocycles. The molecule has 1 fully saturated rings. The second-order valence-electron chi connectivity index (χ2n) is 3.30. The molecule has 0 aromatic heterocycles. The maximum Gasteiger partial charge on any atom is 0.234 e. The van der Waals surface area contributed by atoms with E-state index in [4.69, 9.17) is 5.73 Å². The number of likely N-dealkylation sites (tertiary alicyclic amines) is 1. The molecule has 1 aliphatic rings. The quantitative estimate of drug-likeness (QED) is 0.579. The largest absolute Gasteiger partial charge is 0.355 e. The Labute approximate surface area is 73.1 Å². The predicted octanol–water partition coefficient (Wildman–Crippen LogP) is -0.844. The lowest BCUT2D eigenvalue weighted by atomic mass is 10.1. The standard InChI is InChI=1S/C8H17N3O/c1-2-3-10-8(12)6-11-4-7(9)5-11/h7H,2-6,9H2,1H3,(H,10,12). The van der Waals surface area contributed by atoms with E-state index in [1.165, 1.54) is 0 Å². The molecule has 0 radical (unpaired) electrons. The van der Waals surface area contributed by atoms with E-state index >= 15 is 0 Å². The first kappa shape index (κ1) is 9.48. The van der Waals surface area contributed by atoms with Crippen LogP contribution in [0.5, 0.6) is 0 Å². The molecular weight excluding hydrogens is 154 g/mol. The van der Waals surface area contributed by atoms with Crippen LogP contribution in [0, 0.1) is 0 Å². The molecular formula is C8H17N3O. The van der Waals surface area contributed by atoms with E-state index in [9.17, 15) is 4.79 Å². The Morgan fingerprint density at radius 2 is 2.33 bits per heavy atom. The highest BCUT2D eigenvalue weighted by atomic mass is 16.2. The molecule has 0 bridgehead atoms. The summed E-state index contributed by atoms with van der Waals surface area (Å²) in [6.07, 6.45) is 0.991. The van der Waals surface area contributed by atoms with E-state index in [0.29, 0.717) is 6.54 Å². The van der Waals surface area contributed by atoms with Crippen molar-refractivity contribution in [3.63, 3.8) is 0 Å². The Kier molecular flexibility index (Phi) is 3.49. The molecule has 1 rings (SSSR count). The molecule has 1 saturated heterocycles. The van der Waals surface area contributed by atoms with Crippen LogP contribution < -0.4 is 11.1 Å². The summed E-state index contributed by atoms with van der Waals surface area (Å²) < 4.78 is 0. The minimum atomic E-state index is 0.115. The first-order valence-corrected chi connectivity index (χ1v) is 4.47. The smallest absolute Gasteiger partial charge is 0.234 e. The summed E-state index contributed by atoms with van der Waals surface area (Å²) in [6.45, 7) is 5.05. The van der Waals surface area contributed by atoms with Gasteiger partial charge >= 0.3 is 0 Å². The molecule has 0 aromatic rings. The third kappa shape index (κ3) is 2.79. The van der Waals surface area contributed by atoms with Gasteiger partial charge in [0.15, 0.2) is 0 Å². The van der Waals surface area contributed by atoms with Crippen molar-refractivity contribution in [3.05, 3.63) is 0 Å². The topological polar surface area (TPSA) is 58.4 Å². The lowest BCUT2D eigenvalue weighted by Gasteiger charge is -2.36. The van der Waals surface area contributed by atoms with E-state index in [-0.39, 0.29) is 11.9 Å². The van der Waals surface area contributed by atoms with Gasteiger partial charge in [0.25, 0.3) is 0 Å². The minimum Gasteiger partial charge on any atom is -0.355 e. The van der Waals surface area contributed by atoms with Gasteiger partial charge in [0.1, 0.15) is 0 Å². The Morgan fingerprint density at radius 3 is 2.83 bits per heavy atom. The molecule has 70 valence electrons. The molecule has 0 aromatic carbocycles. The summed E-state index contributed by atoms with van der Waals surface area (Å²) in [6, 6.07) is 0.281. The van der Waals surface area contributed by atoms with E-state index in [2.05, 4.69) is 10.2 Å². The predicted molar refractivity (Wildman–Crippen MR) is 47.7 cm³/mol. The molecule has 4 heteroatoms. The molecule has 1 heterocycles. The van der Waals surface area contributed by atoms with Gasteiger partial charge in [0, 0.05) is 25.7 Å². The number of nitrogens with zero attached hydrogens (tertiary/aromatic N) is 1. The number of rotatable bonds is 4. The van der Waals surface area contributed by atoms with E-state index in [1.54, 1.807) is 0 Å². The van der Waals surface area contributed by atoms with Crippen LogP contribution >= 0.6 is 0 Å². The molecule has 1 amide bonds. The fourth-order valence-corrected chi connectivity index (χ4v) is 1.26. The van der Waals surface area contributed by atoms with Crippen LogP contribution in [0.25, 0.3) is 0 Å². The van der Waals surface area contributed by atoms with Gasteiger partial charge in [0.2, 0.25) is 5.91 Å². The number of hydrogen-bond donors (Lipinski definition) is 2. The number of carbonyl (C=O) groups is 1. The average molecular weight is 171 g/mol. The Bertz CT molecular complexity index is 154. The van der Waals surface area contributed by atoms with Gasteiger partial charge in [-0.2, -0.15) is 0 Å². The molecule has 0 saturated carbocycles. The molecule has 0 atom stereocenters. The average Bonchev–Trinajstić information content (AvgIpc) is 1.98. The zero-order chi connectivity index (χ0) is 8.97. The third-order valence-corrected chi connectivity index (χ3v) is 1.92. The van der Waals surface area contributed by atoms with Crippen molar-refractivity contribution in [1.29, 1.82) is 0 Å². The van der Waals surface area contributed by atoms with Gasteiger partial charge in [-0.1, -0.05) is 6.92 Å². The van der Waals surface area contributed by atoms with Gasteiger partial charge in [-0.05, 0) is 6.42 Å².